The Morgan fingerprint density at radius 3 is 2.86 bits per heavy atom. The third kappa shape index (κ3) is 4.38. The number of rotatable bonds is 4. The fraction of sp³-hybridized carbons (Fsp3) is 0.200. The van der Waals surface area contributed by atoms with Crippen molar-refractivity contribution in [1.29, 1.82) is 5.41 Å². The second-order valence-corrected chi connectivity index (χ2v) is 7.27. The zero-order chi connectivity index (χ0) is 20.3. The predicted molar refractivity (Wildman–Crippen MR) is 110 cm³/mol. The minimum absolute atomic E-state index is 0.0457. The number of aromatic nitrogens is 1. The van der Waals surface area contributed by atoms with E-state index in [-0.39, 0.29) is 17.5 Å². The molecule has 1 aromatic heterocycles. The molecule has 1 aliphatic heterocycles. The van der Waals surface area contributed by atoms with Crippen LogP contribution in [-0.2, 0) is 9.59 Å². The van der Waals surface area contributed by atoms with Gasteiger partial charge in [-0.05, 0) is 36.8 Å². The molecule has 0 unspecified atom stereocenters. The van der Waals surface area contributed by atoms with Crippen LogP contribution in [0.3, 0.4) is 0 Å². The SMILES string of the molecule is CN1CC[C@@H](C#Cc2ccnc(Nc3ccc(Br)cc3C(=N)C(N)=O)c2)C1=O. The van der Waals surface area contributed by atoms with Gasteiger partial charge < -0.3 is 16.0 Å². The topological polar surface area (TPSA) is 112 Å². The normalized spacial score (nSPS) is 15.7. The highest BCUT2D eigenvalue weighted by Crippen LogP contribution is 2.24. The van der Waals surface area contributed by atoms with Gasteiger partial charge in [-0.3, -0.25) is 15.0 Å². The van der Waals surface area contributed by atoms with Gasteiger partial charge in [0, 0.05) is 41.1 Å². The lowest BCUT2D eigenvalue weighted by Crippen LogP contribution is -2.24. The molecule has 142 valence electrons. The van der Waals surface area contributed by atoms with Crippen LogP contribution >= 0.6 is 15.9 Å². The largest absolute Gasteiger partial charge is 0.364 e. The summed E-state index contributed by atoms with van der Waals surface area (Å²) >= 11 is 3.33. The average molecular weight is 440 g/mol. The van der Waals surface area contributed by atoms with E-state index in [1.807, 2.05) is 0 Å². The number of anilines is 2. The molecule has 0 bridgehead atoms. The molecule has 3 rings (SSSR count). The van der Waals surface area contributed by atoms with Crippen LogP contribution in [0.25, 0.3) is 0 Å². The summed E-state index contributed by atoms with van der Waals surface area (Å²) < 4.78 is 0.720. The van der Waals surface area contributed by atoms with Crippen molar-refractivity contribution in [1.82, 2.24) is 9.88 Å². The third-order valence-electron chi connectivity index (χ3n) is 4.34. The number of hydrogen-bond donors (Lipinski definition) is 3. The fourth-order valence-electron chi connectivity index (χ4n) is 2.81. The molecule has 2 aromatic rings. The Morgan fingerprint density at radius 1 is 1.39 bits per heavy atom. The van der Waals surface area contributed by atoms with E-state index >= 15 is 0 Å². The van der Waals surface area contributed by atoms with Gasteiger partial charge in [0.25, 0.3) is 5.91 Å². The van der Waals surface area contributed by atoms with Crippen LogP contribution in [-0.4, -0.2) is 41.0 Å². The first-order valence-electron chi connectivity index (χ1n) is 8.53. The Balaban J connectivity index is 1.84. The molecule has 0 radical (unpaired) electrons. The second kappa shape index (κ2) is 8.23. The highest BCUT2D eigenvalue weighted by molar-refractivity contribution is 9.10. The summed E-state index contributed by atoms with van der Waals surface area (Å²) in [7, 11) is 1.78. The van der Waals surface area contributed by atoms with E-state index in [4.69, 9.17) is 11.1 Å². The Morgan fingerprint density at radius 2 is 2.18 bits per heavy atom. The molecule has 0 aliphatic carbocycles. The zero-order valence-electron chi connectivity index (χ0n) is 15.1. The number of halogens is 1. The third-order valence-corrected chi connectivity index (χ3v) is 4.83. The zero-order valence-corrected chi connectivity index (χ0v) is 16.7. The van der Waals surface area contributed by atoms with Gasteiger partial charge in [-0.2, -0.15) is 0 Å². The molecule has 1 aromatic carbocycles. The van der Waals surface area contributed by atoms with Gasteiger partial charge in [-0.25, -0.2) is 4.98 Å². The Hall–Kier alpha value is -3.18. The quantitative estimate of drug-likeness (QED) is 0.500. The van der Waals surface area contributed by atoms with Gasteiger partial charge in [0.1, 0.15) is 17.4 Å². The second-order valence-electron chi connectivity index (χ2n) is 6.35. The number of primary amides is 1. The minimum Gasteiger partial charge on any atom is -0.364 e. The molecule has 2 heterocycles. The summed E-state index contributed by atoms with van der Waals surface area (Å²) in [6.07, 6.45) is 2.34. The summed E-state index contributed by atoms with van der Waals surface area (Å²) in [5.41, 5.74) is 6.55. The number of amides is 2. The van der Waals surface area contributed by atoms with E-state index in [0.717, 1.165) is 17.4 Å². The summed E-state index contributed by atoms with van der Waals surface area (Å²) in [6, 6.07) is 8.66. The summed E-state index contributed by atoms with van der Waals surface area (Å²) in [6.45, 7) is 0.722. The standard InChI is InChI=1S/C20H18BrN5O2/c1-26-9-7-13(20(26)28)3-2-12-6-8-24-17(10-12)25-16-5-4-14(21)11-15(16)18(22)19(23)27/h4-6,8,10-11,13,22H,7,9H2,1H3,(H2,23,27)(H,24,25)/t13-/m1/s1. The first-order valence-corrected chi connectivity index (χ1v) is 9.32. The van der Waals surface area contributed by atoms with E-state index < -0.39 is 5.91 Å². The van der Waals surface area contributed by atoms with Crippen LogP contribution in [0.2, 0.25) is 0 Å². The van der Waals surface area contributed by atoms with E-state index in [0.29, 0.717) is 22.6 Å². The molecule has 28 heavy (non-hydrogen) atoms. The molecular formula is C20H18BrN5O2. The number of nitrogens with one attached hydrogen (secondary N) is 2. The Bertz CT molecular complexity index is 1020. The average Bonchev–Trinajstić information content (AvgIpc) is 2.99. The summed E-state index contributed by atoms with van der Waals surface area (Å²) in [4.78, 5) is 29.3. The van der Waals surface area contributed by atoms with Crippen LogP contribution in [0.15, 0.2) is 41.0 Å². The van der Waals surface area contributed by atoms with Gasteiger partial charge in [0.2, 0.25) is 5.91 Å². The van der Waals surface area contributed by atoms with Crippen LogP contribution in [0.1, 0.15) is 17.5 Å². The number of nitrogens with zero attached hydrogens (tertiary/aromatic N) is 2. The Kier molecular flexibility index (Phi) is 5.76. The molecule has 1 saturated heterocycles. The maximum atomic E-state index is 12.0. The van der Waals surface area contributed by atoms with Crippen molar-refractivity contribution < 1.29 is 9.59 Å². The van der Waals surface area contributed by atoms with Crippen molar-refractivity contribution in [2.45, 2.75) is 6.42 Å². The van der Waals surface area contributed by atoms with Crippen molar-refractivity contribution in [3.8, 4) is 11.8 Å². The van der Waals surface area contributed by atoms with Gasteiger partial charge in [-0.1, -0.05) is 27.8 Å². The van der Waals surface area contributed by atoms with Gasteiger partial charge >= 0.3 is 0 Å². The predicted octanol–water partition coefficient (Wildman–Crippen LogP) is 2.27. The number of pyridine rings is 1. The molecule has 2 amide bonds. The van der Waals surface area contributed by atoms with Crippen molar-refractivity contribution in [3.05, 3.63) is 52.1 Å². The molecule has 4 N–H and O–H groups in total. The van der Waals surface area contributed by atoms with E-state index in [2.05, 4.69) is 38.1 Å². The highest BCUT2D eigenvalue weighted by Gasteiger charge is 2.27. The van der Waals surface area contributed by atoms with Crippen molar-refractivity contribution in [2.24, 2.45) is 11.7 Å². The number of nitrogens with two attached hydrogens (primary N) is 1. The Labute approximate surface area is 171 Å². The van der Waals surface area contributed by atoms with E-state index in [1.165, 1.54) is 0 Å². The highest BCUT2D eigenvalue weighted by atomic mass is 79.9. The van der Waals surface area contributed by atoms with E-state index in [1.54, 1.807) is 48.5 Å². The smallest absolute Gasteiger partial charge is 0.267 e. The molecule has 7 nitrogen and oxygen atoms in total. The number of likely N-dealkylation sites (tertiary alicyclic amines) is 1. The van der Waals surface area contributed by atoms with Gasteiger partial charge in [0.05, 0.1) is 0 Å². The van der Waals surface area contributed by atoms with Crippen molar-refractivity contribution in [3.63, 3.8) is 0 Å². The van der Waals surface area contributed by atoms with Crippen LogP contribution < -0.4 is 11.1 Å². The molecule has 0 spiro atoms. The first-order chi connectivity index (χ1) is 13.3. The fourth-order valence-corrected chi connectivity index (χ4v) is 3.17. The lowest BCUT2D eigenvalue weighted by atomic mass is 10.1. The monoisotopic (exact) mass is 439 g/mol. The number of carbonyl (C=O) groups is 2. The minimum atomic E-state index is -0.820. The number of hydrogen-bond acceptors (Lipinski definition) is 5. The van der Waals surface area contributed by atoms with Gasteiger partial charge in [0.15, 0.2) is 0 Å². The van der Waals surface area contributed by atoms with E-state index in [9.17, 15) is 9.59 Å². The van der Waals surface area contributed by atoms with Crippen molar-refractivity contribution in [2.75, 3.05) is 18.9 Å². The maximum Gasteiger partial charge on any atom is 0.267 e. The number of benzene rings is 1. The molecule has 1 fully saturated rings. The van der Waals surface area contributed by atoms with Gasteiger partial charge in [-0.15, -0.1) is 0 Å². The molecule has 0 saturated carbocycles. The molecule has 8 heteroatoms. The van der Waals surface area contributed by atoms with Crippen LogP contribution in [0, 0.1) is 23.2 Å². The molecule has 1 atom stereocenters. The number of carbonyl (C=O) groups excluding carboxylic acids is 2. The lowest BCUT2D eigenvalue weighted by Gasteiger charge is -2.12. The maximum absolute atomic E-state index is 12.0. The van der Waals surface area contributed by atoms with Crippen molar-refractivity contribution >= 4 is 45.0 Å². The molecular weight excluding hydrogens is 422 g/mol. The lowest BCUT2D eigenvalue weighted by molar-refractivity contribution is -0.128. The molecule has 1 aliphatic rings. The van der Waals surface area contributed by atoms with Crippen LogP contribution in [0.5, 0.6) is 0 Å². The first kappa shape index (κ1) is 19.6. The summed E-state index contributed by atoms with van der Waals surface area (Å²) in [5, 5.41) is 11.0. The van der Waals surface area contributed by atoms with Crippen LogP contribution in [0.4, 0.5) is 11.5 Å². The summed E-state index contributed by atoms with van der Waals surface area (Å²) in [5.74, 6) is 5.50.